The molecule has 6 heteroatoms. The number of hydrogen-bond donors (Lipinski definition) is 2. The number of guanidine groups is 1. The van der Waals surface area contributed by atoms with Gasteiger partial charge in [0.15, 0.2) is 5.96 Å². The summed E-state index contributed by atoms with van der Waals surface area (Å²) in [7, 11) is 0. The van der Waals surface area contributed by atoms with Crippen molar-refractivity contribution in [2.45, 2.75) is 6.54 Å². The molecule has 1 saturated heterocycles. The van der Waals surface area contributed by atoms with E-state index >= 15 is 0 Å². The molecule has 0 aromatic heterocycles. The molecule has 2 rings (SSSR count). The van der Waals surface area contributed by atoms with Gasteiger partial charge in [-0.15, -0.1) is 0 Å². The van der Waals surface area contributed by atoms with Gasteiger partial charge in [-0.25, -0.2) is 9.38 Å². The Morgan fingerprint density at radius 2 is 2.06 bits per heavy atom. The maximum absolute atomic E-state index is 14.0. The van der Waals surface area contributed by atoms with Crippen LogP contribution in [0.2, 0.25) is 0 Å². The number of hydrogen-bond acceptors (Lipinski definition) is 3. The maximum atomic E-state index is 14.0. The second-order valence-electron chi connectivity index (χ2n) is 4.13. The molecule has 0 aliphatic carbocycles. The fourth-order valence-electron chi connectivity index (χ4n) is 1.89. The highest BCUT2D eigenvalue weighted by Crippen LogP contribution is 2.21. The summed E-state index contributed by atoms with van der Waals surface area (Å²) in [5, 5.41) is 0. The highest BCUT2D eigenvalue weighted by molar-refractivity contribution is 5.75. The van der Waals surface area contributed by atoms with Crippen molar-refractivity contribution < 1.29 is 9.13 Å². The molecule has 5 nitrogen and oxygen atoms in total. The first kappa shape index (κ1) is 12.6. The predicted molar refractivity (Wildman–Crippen MR) is 68.9 cm³/mol. The molecular formula is C12H17FN4O. The van der Waals surface area contributed by atoms with E-state index in [2.05, 4.69) is 4.99 Å². The van der Waals surface area contributed by atoms with Crippen molar-refractivity contribution in [3.63, 3.8) is 0 Å². The molecule has 1 heterocycles. The van der Waals surface area contributed by atoms with Crippen molar-refractivity contribution in [3.05, 3.63) is 29.6 Å². The number of benzene rings is 1. The van der Waals surface area contributed by atoms with E-state index in [0.29, 0.717) is 38.5 Å². The molecule has 0 unspecified atom stereocenters. The second-order valence-corrected chi connectivity index (χ2v) is 4.13. The van der Waals surface area contributed by atoms with Crippen molar-refractivity contribution in [1.82, 2.24) is 0 Å². The lowest BCUT2D eigenvalue weighted by Gasteiger charge is -2.29. The summed E-state index contributed by atoms with van der Waals surface area (Å²) in [4.78, 5) is 5.83. The van der Waals surface area contributed by atoms with Gasteiger partial charge < -0.3 is 21.1 Å². The van der Waals surface area contributed by atoms with Gasteiger partial charge in [-0.05, 0) is 17.7 Å². The Kier molecular flexibility index (Phi) is 3.99. The van der Waals surface area contributed by atoms with E-state index in [1.54, 1.807) is 6.07 Å². The van der Waals surface area contributed by atoms with E-state index in [-0.39, 0.29) is 11.8 Å². The highest BCUT2D eigenvalue weighted by Gasteiger charge is 2.15. The van der Waals surface area contributed by atoms with E-state index in [1.165, 1.54) is 6.07 Å². The van der Waals surface area contributed by atoms with E-state index in [1.807, 2.05) is 11.0 Å². The quantitative estimate of drug-likeness (QED) is 0.604. The Bertz CT molecular complexity index is 440. The Morgan fingerprint density at radius 1 is 1.33 bits per heavy atom. The predicted octanol–water partition coefficient (Wildman–Crippen LogP) is 0.436. The average Bonchev–Trinajstić information content (AvgIpc) is 2.37. The summed E-state index contributed by atoms with van der Waals surface area (Å²) < 4.78 is 19.2. The molecule has 0 radical (unpaired) electrons. The number of rotatable bonds is 3. The minimum atomic E-state index is -0.250. The molecule has 1 fully saturated rings. The summed E-state index contributed by atoms with van der Waals surface area (Å²) in [6.45, 7) is 2.99. The minimum absolute atomic E-state index is 0.00710. The molecule has 0 atom stereocenters. The topological polar surface area (TPSA) is 76.9 Å². The summed E-state index contributed by atoms with van der Waals surface area (Å²) in [5.74, 6) is -0.243. The van der Waals surface area contributed by atoms with Gasteiger partial charge in [0.1, 0.15) is 5.82 Å². The van der Waals surface area contributed by atoms with Gasteiger partial charge in [0.25, 0.3) is 0 Å². The third kappa shape index (κ3) is 3.10. The van der Waals surface area contributed by atoms with Gasteiger partial charge in [-0.3, -0.25) is 0 Å². The van der Waals surface area contributed by atoms with Crippen LogP contribution >= 0.6 is 0 Å². The van der Waals surface area contributed by atoms with Gasteiger partial charge in [0, 0.05) is 13.1 Å². The smallest absolute Gasteiger partial charge is 0.186 e. The van der Waals surface area contributed by atoms with E-state index < -0.39 is 0 Å². The number of anilines is 1. The lowest BCUT2D eigenvalue weighted by molar-refractivity contribution is 0.122. The second kappa shape index (κ2) is 5.68. The zero-order valence-corrected chi connectivity index (χ0v) is 10.1. The molecule has 0 amide bonds. The summed E-state index contributed by atoms with van der Waals surface area (Å²) in [5.41, 5.74) is 11.8. The zero-order valence-electron chi connectivity index (χ0n) is 10.1. The first-order valence-corrected chi connectivity index (χ1v) is 5.83. The van der Waals surface area contributed by atoms with Gasteiger partial charge in [0.05, 0.1) is 25.4 Å². The monoisotopic (exact) mass is 252 g/mol. The van der Waals surface area contributed by atoms with Crippen molar-refractivity contribution >= 4 is 11.6 Å². The van der Waals surface area contributed by atoms with Crippen molar-refractivity contribution in [2.24, 2.45) is 16.5 Å². The Hall–Kier alpha value is -1.82. The maximum Gasteiger partial charge on any atom is 0.186 e. The first-order valence-electron chi connectivity index (χ1n) is 5.83. The van der Waals surface area contributed by atoms with Crippen molar-refractivity contribution in [2.75, 3.05) is 31.2 Å². The number of ether oxygens (including phenoxy) is 1. The number of halogens is 1. The lowest BCUT2D eigenvalue weighted by Crippen LogP contribution is -2.36. The van der Waals surface area contributed by atoms with Crippen molar-refractivity contribution in [3.8, 4) is 0 Å². The van der Waals surface area contributed by atoms with Crippen LogP contribution in [0.1, 0.15) is 5.56 Å². The molecule has 18 heavy (non-hydrogen) atoms. The van der Waals surface area contributed by atoms with Gasteiger partial charge >= 0.3 is 0 Å². The SMILES string of the molecule is NC(N)=NCc1ccc(N2CCOCC2)c(F)c1. The van der Waals surface area contributed by atoms with Gasteiger partial charge in [0.2, 0.25) is 0 Å². The molecule has 0 bridgehead atoms. The van der Waals surface area contributed by atoms with E-state index in [9.17, 15) is 4.39 Å². The molecule has 4 N–H and O–H groups in total. The molecule has 1 aromatic carbocycles. The molecule has 1 aromatic rings. The zero-order chi connectivity index (χ0) is 13.0. The summed E-state index contributed by atoms with van der Waals surface area (Å²) in [6.07, 6.45) is 0. The van der Waals surface area contributed by atoms with Crippen LogP contribution in [0, 0.1) is 5.82 Å². The van der Waals surface area contributed by atoms with Crippen LogP contribution < -0.4 is 16.4 Å². The fraction of sp³-hybridized carbons (Fsp3) is 0.417. The van der Waals surface area contributed by atoms with Crippen LogP contribution in [0.5, 0.6) is 0 Å². The Labute approximate surface area is 105 Å². The highest BCUT2D eigenvalue weighted by atomic mass is 19.1. The molecule has 0 spiro atoms. The third-order valence-electron chi connectivity index (χ3n) is 2.81. The van der Waals surface area contributed by atoms with Crippen LogP contribution in [-0.4, -0.2) is 32.3 Å². The average molecular weight is 252 g/mol. The van der Waals surface area contributed by atoms with E-state index in [4.69, 9.17) is 16.2 Å². The fourth-order valence-corrected chi connectivity index (χ4v) is 1.89. The van der Waals surface area contributed by atoms with Crippen LogP contribution in [0.15, 0.2) is 23.2 Å². The van der Waals surface area contributed by atoms with Crippen LogP contribution in [0.4, 0.5) is 10.1 Å². The minimum Gasteiger partial charge on any atom is -0.378 e. The largest absolute Gasteiger partial charge is 0.378 e. The number of morpholine rings is 1. The Morgan fingerprint density at radius 3 is 2.67 bits per heavy atom. The lowest BCUT2D eigenvalue weighted by atomic mass is 10.1. The molecule has 98 valence electrons. The van der Waals surface area contributed by atoms with E-state index in [0.717, 1.165) is 5.56 Å². The standard InChI is InChI=1S/C12H17FN4O/c13-10-7-9(8-16-12(14)15)1-2-11(10)17-3-5-18-6-4-17/h1-2,7H,3-6,8H2,(H4,14,15,16). The third-order valence-corrected chi connectivity index (χ3v) is 2.81. The van der Waals surface area contributed by atoms with Crippen LogP contribution in [0.3, 0.4) is 0 Å². The number of nitrogens with zero attached hydrogens (tertiary/aromatic N) is 2. The van der Waals surface area contributed by atoms with Gasteiger partial charge in [-0.1, -0.05) is 6.07 Å². The van der Waals surface area contributed by atoms with Crippen LogP contribution in [0.25, 0.3) is 0 Å². The number of aliphatic imine (C=N–C) groups is 1. The molecule has 0 saturated carbocycles. The normalized spacial score (nSPS) is 15.5. The Balaban J connectivity index is 2.11. The number of nitrogens with two attached hydrogens (primary N) is 2. The molecular weight excluding hydrogens is 235 g/mol. The van der Waals surface area contributed by atoms with Crippen molar-refractivity contribution in [1.29, 1.82) is 0 Å². The first-order chi connectivity index (χ1) is 8.66. The summed E-state index contributed by atoms with van der Waals surface area (Å²) >= 11 is 0. The molecule has 1 aliphatic heterocycles. The summed E-state index contributed by atoms with van der Waals surface area (Å²) in [6, 6.07) is 5.07. The molecule has 1 aliphatic rings. The van der Waals surface area contributed by atoms with Crippen LogP contribution in [-0.2, 0) is 11.3 Å². The van der Waals surface area contributed by atoms with Gasteiger partial charge in [-0.2, -0.15) is 0 Å².